The first-order valence-corrected chi connectivity index (χ1v) is 8.15. The van der Waals surface area contributed by atoms with E-state index in [1.54, 1.807) is 6.20 Å². The maximum absolute atomic E-state index is 5.92. The Kier molecular flexibility index (Phi) is 4.78. The Balaban J connectivity index is 1.67. The van der Waals surface area contributed by atoms with Crippen molar-refractivity contribution in [3.05, 3.63) is 35.7 Å². The van der Waals surface area contributed by atoms with Crippen molar-refractivity contribution in [2.24, 2.45) is 5.92 Å². The van der Waals surface area contributed by atoms with Crippen molar-refractivity contribution in [3.8, 4) is 17.2 Å². The molecule has 4 nitrogen and oxygen atoms in total. The van der Waals surface area contributed by atoms with Gasteiger partial charge in [0, 0.05) is 5.56 Å². The second-order valence-corrected chi connectivity index (χ2v) is 5.98. The average molecular weight is 300 g/mol. The monoisotopic (exact) mass is 300 g/mol. The summed E-state index contributed by atoms with van der Waals surface area (Å²) in [6, 6.07) is 6.23. The number of hydrogen-bond acceptors (Lipinski definition) is 4. The Morgan fingerprint density at radius 1 is 1.36 bits per heavy atom. The van der Waals surface area contributed by atoms with E-state index >= 15 is 0 Å². The van der Waals surface area contributed by atoms with Gasteiger partial charge in [-0.1, -0.05) is 6.92 Å². The molecule has 4 heteroatoms. The van der Waals surface area contributed by atoms with Crippen LogP contribution in [-0.4, -0.2) is 24.7 Å². The van der Waals surface area contributed by atoms with Gasteiger partial charge in [0.2, 0.25) is 5.89 Å². The molecule has 1 aromatic heterocycles. The topological polar surface area (TPSA) is 47.3 Å². The van der Waals surface area contributed by atoms with Gasteiger partial charge in [-0.3, -0.25) is 0 Å². The molecular weight excluding hydrogens is 276 g/mol. The van der Waals surface area contributed by atoms with E-state index in [9.17, 15) is 0 Å². The Morgan fingerprint density at radius 2 is 2.27 bits per heavy atom. The van der Waals surface area contributed by atoms with Crippen LogP contribution in [0.15, 0.2) is 28.8 Å². The molecule has 2 aromatic rings. The first-order chi connectivity index (χ1) is 10.8. The predicted molar refractivity (Wildman–Crippen MR) is 87.1 cm³/mol. The SMILES string of the molecule is CCNCCC[C@@H]1COc2ccc(-c3ncc(C)o3)cc2C1. The second-order valence-electron chi connectivity index (χ2n) is 5.98. The number of nitrogens with zero attached hydrogens (tertiary/aromatic N) is 1. The number of aromatic nitrogens is 1. The molecule has 0 saturated heterocycles. The van der Waals surface area contributed by atoms with Gasteiger partial charge in [-0.05, 0) is 69.0 Å². The Hall–Kier alpha value is -1.81. The standard InChI is InChI=1S/C18H24N2O2/c1-3-19-8-4-5-14-9-16-10-15(6-7-17(16)21-12-14)18-20-11-13(2)22-18/h6-7,10-11,14,19H,3-5,8-9,12H2,1-2H3/t14-/m0/s1. The molecule has 0 unspecified atom stereocenters. The van der Waals surface area contributed by atoms with Crippen molar-refractivity contribution in [3.63, 3.8) is 0 Å². The summed E-state index contributed by atoms with van der Waals surface area (Å²) in [4.78, 5) is 4.31. The molecule has 2 heterocycles. The van der Waals surface area contributed by atoms with Crippen molar-refractivity contribution in [1.29, 1.82) is 0 Å². The van der Waals surface area contributed by atoms with Crippen LogP contribution in [0.3, 0.4) is 0 Å². The lowest BCUT2D eigenvalue weighted by Crippen LogP contribution is -2.22. The zero-order valence-electron chi connectivity index (χ0n) is 13.4. The smallest absolute Gasteiger partial charge is 0.226 e. The number of aryl methyl sites for hydroxylation is 1. The number of nitrogens with one attached hydrogen (secondary N) is 1. The van der Waals surface area contributed by atoms with Crippen LogP contribution in [0.2, 0.25) is 0 Å². The molecule has 0 bridgehead atoms. The molecule has 3 rings (SSSR count). The van der Waals surface area contributed by atoms with Crippen LogP contribution in [0.5, 0.6) is 5.75 Å². The molecule has 0 aliphatic carbocycles. The van der Waals surface area contributed by atoms with E-state index < -0.39 is 0 Å². The highest BCUT2D eigenvalue weighted by molar-refractivity contribution is 5.57. The molecule has 1 N–H and O–H groups in total. The van der Waals surface area contributed by atoms with E-state index in [0.29, 0.717) is 11.8 Å². The third kappa shape index (κ3) is 3.50. The molecule has 0 radical (unpaired) electrons. The molecule has 118 valence electrons. The van der Waals surface area contributed by atoms with Gasteiger partial charge in [0.15, 0.2) is 0 Å². The molecule has 1 aromatic carbocycles. The fourth-order valence-corrected chi connectivity index (χ4v) is 2.96. The molecule has 0 saturated carbocycles. The number of rotatable bonds is 6. The normalized spacial score (nSPS) is 17.1. The van der Waals surface area contributed by atoms with Crippen molar-refractivity contribution >= 4 is 0 Å². The van der Waals surface area contributed by atoms with Gasteiger partial charge in [0.05, 0.1) is 12.8 Å². The van der Waals surface area contributed by atoms with E-state index in [1.165, 1.54) is 18.4 Å². The Bertz CT molecular complexity index is 621. The van der Waals surface area contributed by atoms with Crippen molar-refractivity contribution in [2.75, 3.05) is 19.7 Å². The largest absolute Gasteiger partial charge is 0.493 e. The van der Waals surface area contributed by atoms with Gasteiger partial charge in [-0.2, -0.15) is 0 Å². The summed E-state index contributed by atoms with van der Waals surface area (Å²) >= 11 is 0. The fraction of sp³-hybridized carbons (Fsp3) is 0.500. The van der Waals surface area contributed by atoms with E-state index in [0.717, 1.165) is 43.2 Å². The predicted octanol–water partition coefficient (Wildman–Crippen LogP) is 3.59. The van der Waals surface area contributed by atoms with Gasteiger partial charge in [-0.25, -0.2) is 4.98 Å². The summed E-state index contributed by atoms with van der Waals surface area (Å²) in [5.74, 6) is 3.14. The third-order valence-corrected chi connectivity index (χ3v) is 4.13. The van der Waals surface area contributed by atoms with E-state index in [2.05, 4.69) is 23.3 Å². The molecule has 0 amide bonds. The van der Waals surface area contributed by atoms with E-state index in [-0.39, 0.29) is 0 Å². The first kappa shape index (κ1) is 15.1. The molecular formula is C18H24N2O2. The third-order valence-electron chi connectivity index (χ3n) is 4.13. The maximum atomic E-state index is 5.92. The molecule has 0 fully saturated rings. The summed E-state index contributed by atoms with van der Waals surface area (Å²) in [5, 5.41) is 3.38. The zero-order valence-corrected chi connectivity index (χ0v) is 13.4. The maximum Gasteiger partial charge on any atom is 0.226 e. The Morgan fingerprint density at radius 3 is 3.05 bits per heavy atom. The summed E-state index contributed by atoms with van der Waals surface area (Å²) in [5.41, 5.74) is 2.30. The highest BCUT2D eigenvalue weighted by atomic mass is 16.5. The van der Waals surface area contributed by atoms with Crippen LogP contribution in [0, 0.1) is 12.8 Å². The van der Waals surface area contributed by atoms with Gasteiger partial charge in [0.25, 0.3) is 0 Å². The van der Waals surface area contributed by atoms with Crippen LogP contribution >= 0.6 is 0 Å². The van der Waals surface area contributed by atoms with Crippen LogP contribution in [-0.2, 0) is 6.42 Å². The number of hydrogen-bond donors (Lipinski definition) is 1. The minimum Gasteiger partial charge on any atom is -0.493 e. The number of oxazole rings is 1. The van der Waals surface area contributed by atoms with Crippen molar-refractivity contribution in [2.45, 2.75) is 33.1 Å². The van der Waals surface area contributed by atoms with Crippen LogP contribution < -0.4 is 10.1 Å². The number of fused-ring (bicyclic) bond motifs is 1. The molecule has 1 atom stereocenters. The molecule has 1 aliphatic heterocycles. The second kappa shape index (κ2) is 6.97. The van der Waals surface area contributed by atoms with Crippen LogP contribution in [0.1, 0.15) is 31.1 Å². The van der Waals surface area contributed by atoms with Gasteiger partial charge in [0.1, 0.15) is 11.5 Å². The fourth-order valence-electron chi connectivity index (χ4n) is 2.96. The van der Waals surface area contributed by atoms with Crippen LogP contribution in [0.25, 0.3) is 11.5 Å². The lowest BCUT2D eigenvalue weighted by molar-refractivity contribution is 0.212. The zero-order chi connectivity index (χ0) is 15.4. The van der Waals surface area contributed by atoms with E-state index in [4.69, 9.17) is 9.15 Å². The van der Waals surface area contributed by atoms with Gasteiger partial charge < -0.3 is 14.5 Å². The quantitative estimate of drug-likeness (QED) is 0.828. The minimum absolute atomic E-state index is 0.604. The summed E-state index contributed by atoms with van der Waals surface area (Å²) in [6.07, 6.45) is 5.24. The Labute approximate surface area is 131 Å². The highest BCUT2D eigenvalue weighted by Gasteiger charge is 2.20. The molecule has 22 heavy (non-hydrogen) atoms. The summed E-state index contributed by atoms with van der Waals surface area (Å²) in [6.45, 7) is 7.03. The lowest BCUT2D eigenvalue weighted by Gasteiger charge is -2.25. The van der Waals surface area contributed by atoms with E-state index in [1.807, 2.05) is 19.1 Å². The van der Waals surface area contributed by atoms with Gasteiger partial charge >= 0.3 is 0 Å². The van der Waals surface area contributed by atoms with Crippen molar-refractivity contribution < 1.29 is 9.15 Å². The molecule has 0 spiro atoms. The van der Waals surface area contributed by atoms with Crippen molar-refractivity contribution in [1.82, 2.24) is 10.3 Å². The summed E-state index contributed by atoms with van der Waals surface area (Å²) < 4.78 is 11.5. The average Bonchev–Trinajstić information content (AvgIpc) is 2.97. The summed E-state index contributed by atoms with van der Waals surface area (Å²) in [7, 11) is 0. The molecule has 1 aliphatic rings. The lowest BCUT2D eigenvalue weighted by atomic mass is 9.92. The highest BCUT2D eigenvalue weighted by Crippen LogP contribution is 2.32. The van der Waals surface area contributed by atoms with Crippen LogP contribution in [0.4, 0.5) is 0 Å². The first-order valence-electron chi connectivity index (χ1n) is 8.15. The number of benzene rings is 1. The van der Waals surface area contributed by atoms with Gasteiger partial charge in [-0.15, -0.1) is 0 Å². The number of ether oxygens (including phenoxy) is 1. The minimum atomic E-state index is 0.604.